The maximum absolute atomic E-state index is 14.5. The second-order valence-corrected chi connectivity index (χ2v) is 6.44. The summed E-state index contributed by atoms with van der Waals surface area (Å²) in [5.41, 5.74) is 9.75. The molecule has 4 rings (SSSR count). The Hall–Kier alpha value is -3.60. The van der Waals surface area contributed by atoms with E-state index in [4.69, 9.17) is 5.73 Å². The molecule has 27 heavy (non-hydrogen) atoms. The average Bonchev–Trinajstić information content (AvgIpc) is 3.00. The summed E-state index contributed by atoms with van der Waals surface area (Å²) in [4.78, 5) is 13.2. The highest BCUT2D eigenvalue weighted by molar-refractivity contribution is 5.81. The van der Waals surface area contributed by atoms with Crippen LogP contribution in [-0.4, -0.2) is 9.78 Å². The van der Waals surface area contributed by atoms with E-state index >= 15 is 0 Å². The highest BCUT2D eigenvalue weighted by Gasteiger charge is 2.20. The molecule has 4 nitrogen and oxygen atoms in total. The van der Waals surface area contributed by atoms with Crippen molar-refractivity contribution in [2.45, 2.75) is 6.92 Å². The number of hydrogen-bond donors (Lipinski definition) is 2. The normalized spacial score (nSPS) is 10.9. The molecule has 3 N–H and O–H groups in total. The maximum atomic E-state index is 14.5. The molecule has 0 saturated carbocycles. The van der Waals surface area contributed by atoms with Gasteiger partial charge in [0.2, 0.25) is 0 Å². The zero-order chi connectivity index (χ0) is 19.0. The summed E-state index contributed by atoms with van der Waals surface area (Å²) in [6.45, 7) is 1.98. The smallest absolute Gasteiger partial charge is 0.279 e. The van der Waals surface area contributed by atoms with E-state index < -0.39 is 5.82 Å². The number of nitrogens with zero attached hydrogens (tertiary/aromatic N) is 1. The third-order valence-electron chi connectivity index (χ3n) is 4.53. The molecule has 0 fully saturated rings. The van der Waals surface area contributed by atoms with E-state index in [0.29, 0.717) is 33.8 Å². The minimum absolute atomic E-state index is 0.248. The Morgan fingerprint density at radius 3 is 2.26 bits per heavy atom. The molecular weight excluding hydrogens is 341 g/mol. The van der Waals surface area contributed by atoms with Gasteiger partial charge >= 0.3 is 0 Å². The molecule has 0 spiro atoms. The van der Waals surface area contributed by atoms with Gasteiger partial charge in [0.05, 0.1) is 16.9 Å². The first kappa shape index (κ1) is 16.8. The quantitative estimate of drug-likeness (QED) is 0.528. The summed E-state index contributed by atoms with van der Waals surface area (Å²) >= 11 is 0. The van der Waals surface area contributed by atoms with E-state index in [1.54, 1.807) is 42.5 Å². The Kier molecular flexibility index (Phi) is 4.12. The Balaban J connectivity index is 2.00. The number of aromatic nitrogens is 2. The monoisotopic (exact) mass is 359 g/mol. The van der Waals surface area contributed by atoms with Crippen molar-refractivity contribution in [1.29, 1.82) is 0 Å². The molecule has 3 aromatic carbocycles. The first-order valence-corrected chi connectivity index (χ1v) is 8.57. The summed E-state index contributed by atoms with van der Waals surface area (Å²) in [7, 11) is 0. The number of aryl methyl sites for hydroxylation is 1. The van der Waals surface area contributed by atoms with Crippen molar-refractivity contribution in [2.24, 2.45) is 0 Å². The molecule has 0 aliphatic heterocycles. The number of H-pyrrole nitrogens is 1. The molecule has 1 heterocycles. The van der Waals surface area contributed by atoms with Gasteiger partial charge in [0.25, 0.3) is 5.56 Å². The van der Waals surface area contributed by atoms with Gasteiger partial charge in [0.15, 0.2) is 0 Å². The van der Waals surface area contributed by atoms with Crippen molar-refractivity contribution in [1.82, 2.24) is 9.78 Å². The van der Waals surface area contributed by atoms with Gasteiger partial charge < -0.3 is 5.73 Å². The number of hydrogen-bond acceptors (Lipinski definition) is 2. The molecule has 0 saturated heterocycles. The van der Waals surface area contributed by atoms with Gasteiger partial charge in [-0.2, -0.15) is 0 Å². The third kappa shape index (κ3) is 3.04. The Bertz CT molecular complexity index is 1160. The van der Waals surface area contributed by atoms with Crippen LogP contribution < -0.4 is 11.3 Å². The summed E-state index contributed by atoms with van der Waals surface area (Å²) in [5.74, 6) is -0.397. The fraction of sp³-hybridized carbons (Fsp3) is 0.0455. The summed E-state index contributed by atoms with van der Waals surface area (Å²) < 4.78 is 15.9. The lowest BCUT2D eigenvalue weighted by molar-refractivity contribution is 0.630. The Labute approximate surface area is 155 Å². The fourth-order valence-corrected chi connectivity index (χ4v) is 3.09. The number of benzene rings is 3. The van der Waals surface area contributed by atoms with Crippen molar-refractivity contribution in [3.63, 3.8) is 0 Å². The largest absolute Gasteiger partial charge is 0.399 e. The molecule has 0 aliphatic rings. The molecule has 0 bridgehead atoms. The number of nitrogens with one attached hydrogen (secondary N) is 1. The average molecular weight is 359 g/mol. The van der Waals surface area contributed by atoms with Crippen LogP contribution in [0.2, 0.25) is 0 Å². The predicted molar refractivity (Wildman–Crippen MR) is 106 cm³/mol. The second-order valence-electron chi connectivity index (χ2n) is 6.44. The minimum atomic E-state index is -0.397. The Morgan fingerprint density at radius 1 is 0.926 bits per heavy atom. The van der Waals surface area contributed by atoms with Gasteiger partial charge in [-0.25, -0.2) is 9.07 Å². The molecule has 4 aromatic rings. The zero-order valence-corrected chi connectivity index (χ0v) is 14.7. The molecule has 0 radical (unpaired) electrons. The van der Waals surface area contributed by atoms with Crippen LogP contribution in [0, 0.1) is 12.7 Å². The van der Waals surface area contributed by atoms with E-state index in [1.165, 1.54) is 10.7 Å². The van der Waals surface area contributed by atoms with Crippen LogP contribution in [0.15, 0.2) is 77.6 Å². The summed E-state index contributed by atoms with van der Waals surface area (Å²) in [5, 5.41) is 3.09. The van der Waals surface area contributed by atoms with Crippen LogP contribution in [0.3, 0.4) is 0 Å². The standard InChI is InChI=1S/C22H18FN3O/c1-14-6-12-17(13-7-14)26-22(27)20(15-8-10-16(24)11-9-15)21(25-26)18-4-2-3-5-19(18)23/h2-13,25H,24H2,1H3. The van der Waals surface area contributed by atoms with E-state index in [9.17, 15) is 9.18 Å². The number of anilines is 1. The van der Waals surface area contributed by atoms with Gasteiger partial charge in [0, 0.05) is 11.3 Å². The van der Waals surface area contributed by atoms with E-state index in [-0.39, 0.29) is 5.56 Å². The number of halogens is 1. The van der Waals surface area contributed by atoms with Crippen molar-refractivity contribution in [3.05, 3.63) is 94.5 Å². The summed E-state index contributed by atoms with van der Waals surface area (Å²) in [6.07, 6.45) is 0. The topological polar surface area (TPSA) is 63.8 Å². The van der Waals surface area contributed by atoms with Crippen molar-refractivity contribution in [3.8, 4) is 28.1 Å². The van der Waals surface area contributed by atoms with Crippen LogP contribution in [-0.2, 0) is 0 Å². The molecule has 0 atom stereocenters. The number of aromatic amines is 1. The number of nitrogen functional groups attached to an aromatic ring is 1. The number of rotatable bonds is 3. The first-order valence-electron chi connectivity index (χ1n) is 8.57. The van der Waals surface area contributed by atoms with Gasteiger partial charge in [-0.15, -0.1) is 0 Å². The third-order valence-corrected chi connectivity index (χ3v) is 4.53. The van der Waals surface area contributed by atoms with Crippen LogP contribution in [0.5, 0.6) is 0 Å². The highest BCUT2D eigenvalue weighted by Crippen LogP contribution is 2.31. The second kappa shape index (κ2) is 6.61. The lowest BCUT2D eigenvalue weighted by atomic mass is 10.0. The van der Waals surface area contributed by atoms with Gasteiger partial charge in [0.1, 0.15) is 5.82 Å². The molecule has 134 valence electrons. The lowest BCUT2D eigenvalue weighted by Gasteiger charge is -2.05. The molecular formula is C22H18FN3O. The summed E-state index contributed by atoms with van der Waals surface area (Å²) in [6, 6.07) is 20.9. The van der Waals surface area contributed by atoms with E-state index in [2.05, 4.69) is 5.10 Å². The zero-order valence-electron chi connectivity index (χ0n) is 14.7. The predicted octanol–water partition coefficient (Wildman–Crippen LogP) is 4.53. The fourth-order valence-electron chi connectivity index (χ4n) is 3.09. The van der Waals surface area contributed by atoms with Crippen LogP contribution in [0.25, 0.3) is 28.1 Å². The number of nitrogens with two attached hydrogens (primary N) is 1. The first-order chi connectivity index (χ1) is 13.0. The van der Waals surface area contributed by atoms with Crippen LogP contribution in [0.4, 0.5) is 10.1 Å². The van der Waals surface area contributed by atoms with Crippen LogP contribution in [0.1, 0.15) is 5.56 Å². The molecule has 0 unspecified atom stereocenters. The van der Waals surface area contributed by atoms with Crippen LogP contribution >= 0.6 is 0 Å². The molecule has 0 amide bonds. The molecule has 0 aliphatic carbocycles. The van der Waals surface area contributed by atoms with Crippen molar-refractivity contribution in [2.75, 3.05) is 5.73 Å². The molecule has 1 aromatic heterocycles. The maximum Gasteiger partial charge on any atom is 0.279 e. The minimum Gasteiger partial charge on any atom is -0.399 e. The lowest BCUT2D eigenvalue weighted by Crippen LogP contribution is -2.15. The van der Waals surface area contributed by atoms with E-state index in [1.807, 2.05) is 31.2 Å². The van der Waals surface area contributed by atoms with Gasteiger partial charge in [-0.1, -0.05) is 42.0 Å². The Morgan fingerprint density at radius 2 is 1.59 bits per heavy atom. The van der Waals surface area contributed by atoms with Crippen molar-refractivity contribution >= 4 is 5.69 Å². The van der Waals surface area contributed by atoms with Gasteiger partial charge in [-0.05, 0) is 48.9 Å². The van der Waals surface area contributed by atoms with Crippen molar-refractivity contribution < 1.29 is 4.39 Å². The van der Waals surface area contributed by atoms with Gasteiger partial charge in [-0.3, -0.25) is 9.89 Å². The van der Waals surface area contributed by atoms with E-state index in [0.717, 1.165) is 5.56 Å². The highest BCUT2D eigenvalue weighted by atomic mass is 19.1. The SMILES string of the molecule is Cc1ccc(-n2[nH]c(-c3ccccc3F)c(-c3ccc(N)cc3)c2=O)cc1. The molecule has 5 heteroatoms.